The molecule has 0 aliphatic carbocycles. The summed E-state index contributed by atoms with van der Waals surface area (Å²) in [6.07, 6.45) is 3.13. The van der Waals surface area contributed by atoms with E-state index in [9.17, 15) is 9.59 Å². The van der Waals surface area contributed by atoms with Crippen LogP contribution in [-0.2, 0) is 6.54 Å². The van der Waals surface area contributed by atoms with Gasteiger partial charge in [-0.15, -0.1) is 6.58 Å². The van der Waals surface area contributed by atoms with Crippen LogP contribution in [0, 0.1) is 0 Å². The van der Waals surface area contributed by atoms with Gasteiger partial charge in [0.15, 0.2) is 11.2 Å². The van der Waals surface area contributed by atoms with Crippen molar-refractivity contribution < 1.29 is 0 Å². The topological polar surface area (TPSA) is 61.8 Å². The van der Waals surface area contributed by atoms with Gasteiger partial charge in [0.05, 0.1) is 18.1 Å². The fourth-order valence-electron chi connectivity index (χ4n) is 3.45. The van der Waals surface area contributed by atoms with Crippen molar-refractivity contribution in [1.82, 2.24) is 18.7 Å². The summed E-state index contributed by atoms with van der Waals surface area (Å²) in [6, 6.07) is 16.5. The van der Waals surface area contributed by atoms with Gasteiger partial charge < -0.3 is 4.57 Å². The number of imidazole rings is 1. The molecule has 0 N–H and O–H groups in total. The summed E-state index contributed by atoms with van der Waals surface area (Å²) in [7, 11) is 0. The number of halogens is 1. The minimum atomic E-state index is -0.470. The average molecular weight is 407 g/mol. The van der Waals surface area contributed by atoms with E-state index < -0.39 is 11.2 Å². The van der Waals surface area contributed by atoms with Gasteiger partial charge in [-0.05, 0) is 36.8 Å². The lowest BCUT2D eigenvalue weighted by Crippen LogP contribution is -2.40. The number of nitrogens with zero attached hydrogens (tertiary/aromatic N) is 4. The summed E-state index contributed by atoms with van der Waals surface area (Å²) in [5.41, 5.74) is 1.42. The molecule has 0 saturated heterocycles. The van der Waals surface area contributed by atoms with Crippen molar-refractivity contribution in [1.29, 1.82) is 0 Å². The molecule has 0 aliphatic rings. The Hall–Kier alpha value is -3.38. The molecule has 2 aromatic carbocycles. The Morgan fingerprint density at radius 1 is 1.10 bits per heavy atom. The zero-order chi connectivity index (χ0) is 20.5. The van der Waals surface area contributed by atoms with Crippen LogP contribution in [0.2, 0.25) is 5.02 Å². The zero-order valence-corrected chi connectivity index (χ0v) is 16.6. The van der Waals surface area contributed by atoms with E-state index in [0.29, 0.717) is 21.9 Å². The molecule has 4 aromatic rings. The van der Waals surface area contributed by atoms with Gasteiger partial charge >= 0.3 is 5.69 Å². The molecule has 6 nitrogen and oxygen atoms in total. The second-order valence-electron chi connectivity index (χ2n) is 6.71. The minimum Gasteiger partial charge on any atom is -0.317 e. The molecule has 7 heteroatoms. The number of allylic oxidation sites excluding steroid dienone is 1. The van der Waals surface area contributed by atoms with Crippen LogP contribution in [0.25, 0.3) is 16.9 Å². The summed E-state index contributed by atoms with van der Waals surface area (Å²) >= 11 is 6.00. The normalized spacial score (nSPS) is 12.2. The molecule has 0 fully saturated rings. The first-order valence-electron chi connectivity index (χ1n) is 9.17. The quantitative estimate of drug-likeness (QED) is 0.473. The van der Waals surface area contributed by atoms with Gasteiger partial charge in [-0.1, -0.05) is 48.0 Å². The van der Waals surface area contributed by atoms with Crippen LogP contribution in [0.5, 0.6) is 0 Å². The molecule has 0 radical (unpaired) electrons. The maximum absolute atomic E-state index is 13.2. The number of hydrogen-bond donors (Lipinski definition) is 0. The van der Waals surface area contributed by atoms with Crippen LogP contribution in [0.3, 0.4) is 0 Å². The third kappa shape index (κ3) is 3.21. The van der Waals surface area contributed by atoms with Crippen LogP contribution < -0.4 is 11.2 Å². The van der Waals surface area contributed by atoms with Crippen molar-refractivity contribution in [3.05, 3.63) is 105 Å². The van der Waals surface area contributed by atoms with Gasteiger partial charge in [-0.2, -0.15) is 0 Å². The van der Waals surface area contributed by atoms with Crippen LogP contribution >= 0.6 is 11.6 Å². The summed E-state index contributed by atoms with van der Waals surface area (Å²) < 4.78 is 4.41. The molecule has 29 heavy (non-hydrogen) atoms. The molecular weight excluding hydrogens is 388 g/mol. The molecule has 146 valence electrons. The monoisotopic (exact) mass is 406 g/mol. The number of rotatable bonds is 5. The summed E-state index contributed by atoms with van der Waals surface area (Å²) in [4.78, 5) is 30.8. The van der Waals surface area contributed by atoms with Crippen molar-refractivity contribution in [2.75, 3.05) is 0 Å². The number of fused-ring (bicyclic) bond motifs is 1. The number of hydrogen-bond acceptors (Lipinski definition) is 3. The van der Waals surface area contributed by atoms with Gasteiger partial charge in [-0.25, -0.2) is 14.3 Å². The van der Waals surface area contributed by atoms with E-state index >= 15 is 0 Å². The molecule has 0 unspecified atom stereocenters. The van der Waals surface area contributed by atoms with E-state index in [1.807, 2.05) is 37.3 Å². The molecule has 2 aromatic heterocycles. The Morgan fingerprint density at radius 2 is 1.79 bits per heavy atom. The highest BCUT2D eigenvalue weighted by Crippen LogP contribution is 2.22. The van der Waals surface area contributed by atoms with E-state index in [4.69, 9.17) is 11.6 Å². The fourth-order valence-corrected chi connectivity index (χ4v) is 3.57. The Labute approximate surface area is 171 Å². The second kappa shape index (κ2) is 7.56. The highest BCUT2D eigenvalue weighted by Gasteiger charge is 2.21. The third-order valence-electron chi connectivity index (χ3n) is 4.95. The van der Waals surface area contributed by atoms with Crippen molar-refractivity contribution in [2.45, 2.75) is 19.5 Å². The zero-order valence-electron chi connectivity index (χ0n) is 15.8. The molecule has 1 atom stereocenters. The molecule has 2 heterocycles. The lowest BCUT2D eigenvalue weighted by molar-refractivity contribution is 0.642. The highest BCUT2D eigenvalue weighted by atomic mass is 35.5. The standard InChI is InChI=1S/C22H19ClN4O2/c1-3-13-25-21(28)19-20(27(22(25)29)18-11-9-17(23)10-12-18)24-14-26(19)15(2)16-7-5-4-6-8-16/h3-12,14-15H,1,13H2,2H3/t15-/m1/s1. The first-order valence-corrected chi connectivity index (χ1v) is 9.55. The predicted molar refractivity (Wildman–Crippen MR) is 115 cm³/mol. The lowest BCUT2D eigenvalue weighted by atomic mass is 10.1. The van der Waals surface area contributed by atoms with E-state index in [0.717, 1.165) is 5.56 Å². The number of aromatic nitrogens is 4. The van der Waals surface area contributed by atoms with Crippen molar-refractivity contribution in [2.24, 2.45) is 0 Å². The van der Waals surface area contributed by atoms with Crippen LogP contribution in [0.15, 0.2) is 83.2 Å². The SMILES string of the molecule is C=CCn1c(=O)c2c(ncn2[C@H](C)c2ccccc2)n(-c2ccc(Cl)cc2)c1=O. The molecule has 0 aliphatic heterocycles. The van der Waals surface area contributed by atoms with Gasteiger partial charge in [-0.3, -0.25) is 9.36 Å². The molecule has 0 amide bonds. The average Bonchev–Trinajstić information content (AvgIpc) is 3.17. The summed E-state index contributed by atoms with van der Waals surface area (Å²) in [5, 5.41) is 0.556. The first kappa shape index (κ1) is 19.0. The Bertz CT molecular complexity index is 1300. The Morgan fingerprint density at radius 3 is 2.45 bits per heavy atom. The smallest absolute Gasteiger partial charge is 0.317 e. The Balaban J connectivity index is 2.05. The lowest BCUT2D eigenvalue weighted by Gasteiger charge is -2.16. The van der Waals surface area contributed by atoms with Gasteiger partial charge in [0.2, 0.25) is 0 Å². The third-order valence-corrected chi connectivity index (χ3v) is 5.20. The van der Waals surface area contributed by atoms with Crippen LogP contribution in [-0.4, -0.2) is 18.7 Å². The molecule has 4 rings (SSSR count). The van der Waals surface area contributed by atoms with E-state index in [1.165, 1.54) is 15.2 Å². The van der Waals surface area contributed by atoms with Crippen LogP contribution in [0.1, 0.15) is 18.5 Å². The van der Waals surface area contributed by atoms with E-state index in [1.54, 1.807) is 35.2 Å². The van der Waals surface area contributed by atoms with Gasteiger partial charge in [0.25, 0.3) is 5.56 Å². The summed E-state index contributed by atoms with van der Waals surface area (Å²) in [5.74, 6) is 0. The van der Waals surface area contributed by atoms with Crippen LogP contribution in [0.4, 0.5) is 0 Å². The second-order valence-corrected chi connectivity index (χ2v) is 7.15. The molecule has 0 saturated carbocycles. The minimum absolute atomic E-state index is 0.103. The van der Waals surface area contributed by atoms with Crippen molar-refractivity contribution >= 4 is 22.8 Å². The largest absolute Gasteiger partial charge is 0.337 e. The molecule has 0 spiro atoms. The van der Waals surface area contributed by atoms with Crippen molar-refractivity contribution in [3.63, 3.8) is 0 Å². The van der Waals surface area contributed by atoms with Gasteiger partial charge in [0, 0.05) is 11.6 Å². The van der Waals surface area contributed by atoms with E-state index in [2.05, 4.69) is 11.6 Å². The number of benzene rings is 2. The summed E-state index contributed by atoms with van der Waals surface area (Å²) in [6.45, 7) is 5.77. The maximum atomic E-state index is 13.2. The maximum Gasteiger partial charge on any atom is 0.337 e. The van der Waals surface area contributed by atoms with Gasteiger partial charge in [0.1, 0.15) is 0 Å². The molecule has 0 bridgehead atoms. The highest BCUT2D eigenvalue weighted by molar-refractivity contribution is 6.30. The van der Waals surface area contributed by atoms with E-state index in [-0.39, 0.29) is 12.6 Å². The molecular formula is C22H19ClN4O2. The first-order chi connectivity index (χ1) is 14.0. The predicted octanol–water partition coefficient (Wildman–Crippen LogP) is 3.80. The Kier molecular flexibility index (Phi) is 4.94. The fraction of sp³-hybridized carbons (Fsp3) is 0.136. The van der Waals surface area contributed by atoms with Crippen molar-refractivity contribution in [3.8, 4) is 5.69 Å².